The van der Waals surface area contributed by atoms with Gasteiger partial charge in [0.05, 0.1) is 11.4 Å². The van der Waals surface area contributed by atoms with Crippen LogP contribution >= 0.6 is 11.8 Å². The van der Waals surface area contributed by atoms with E-state index < -0.39 is 0 Å². The zero-order chi connectivity index (χ0) is 16.8. The molecule has 0 aliphatic rings. The molecule has 0 saturated carbocycles. The van der Waals surface area contributed by atoms with Crippen LogP contribution in [0.4, 0.5) is 0 Å². The molecule has 1 aromatic heterocycles. The van der Waals surface area contributed by atoms with Gasteiger partial charge >= 0.3 is 0 Å². The van der Waals surface area contributed by atoms with Crippen LogP contribution in [0.5, 0.6) is 0 Å². The van der Waals surface area contributed by atoms with E-state index >= 15 is 0 Å². The zero-order valence-electron chi connectivity index (χ0n) is 14.2. The monoisotopic (exact) mass is 337 g/mol. The number of imidazole rings is 1. The molecule has 0 aliphatic carbocycles. The number of hydrogen-bond acceptors (Lipinski definition) is 3. The van der Waals surface area contributed by atoms with Crippen molar-refractivity contribution in [1.29, 1.82) is 0 Å². The summed E-state index contributed by atoms with van der Waals surface area (Å²) in [7, 11) is 4.22. The van der Waals surface area contributed by atoms with E-state index in [0.29, 0.717) is 0 Å². The summed E-state index contributed by atoms with van der Waals surface area (Å²) in [6, 6.07) is 20.8. The molecule has 124 valence electrons. The topological polar surface area (TPSA) is 31.9 Å². The van der Waals surface area contributed by atoms with Crippen LogP contribution in [0.1, 0.15) is 6.42 Å². The largest absolute Gasteiger partial charge is 0.332 e. The lowest BCUT2D eigenvalue weighted by Gasteiger charge is -2.07. The maximum absolute atomic E-state index is 4.87. The van der Waals surface area contributed by atoms with E-state index in [0.717, 1.165) is 40.8 Å². The average Bonchev–Trinajstić information content (AvgIpc) is 3.04. The summed E-state index contributed by atoms with van der Waals surface area (Å²) in [5, 5.41) is 0.992. The van der Waals surface area contributed by atoms with Gasteiger partial charge in [0.25, 0.3) is 0 Å². The van der Waals surface area contributed by atoms with Gasteiger partial charge in [-0.25, -0.2) is 4.98 Å². The molecular weight excluding hydrogens is 314 g/mol. The highest BCUT2D eigenvalue weighted by molar-refractivity contribution is 7.99. The Morgan fingerprint density at radius 3 is 2.17 bits per heavy atom. The average molecular weight is 337 g/mol. The van der Waals surface area contributed by atoms with Crippen molar-refractivity contribution < 1.29 is 0 Å². The van der Waals surface area contributed by atoms with Crippen LogP contribution in [0.25, 0.3) is 22.5 Å². The lowest BCUT2D eigenvalue weighted by atomic mass is 10.1. The Bertz CT molecular complexity index is 694. The first-order valence-electron chi connectivity index (χ1n) is 8.22. The summed E-state index contributed by atoms with van der Waals surface area (Å²) in [5.74, 6) is 1.06. The molecule has 0 fully saturated rings. The van der Waals surface area contributed by atoms with Crippen molar-refractivity contribution in [2.45, 2.75) is 11.6 Å². The summed E-state index contributed by atoms with van der Waals surface area (Å²) >= 11 is 1.79. The van der Waals surface area contributed by atoms with Crippen molar-refractivity contribution >= 4 is 11.8 Å². The molecule has 0 amide bonds. The van der Waals surface area contributed by atoms with Gasteiger partial charge in [-0.15, -0.1) is 0 Å². The Labute approximate surface area is 148 Å². The molecule has 3 aromatic rings. The van der Waals surface area contributed by atoms with Gasteiger partial charge in [0.2, 0.25) is 0 Å². The molecule has 3 nitrogen and oxygen atoms in total. The van der Waals surface area contributed by atoms with E-state index in [1.165, 1.54) is 5.56 Å². The highest BCUT2D eigenvalue weighted by Gasteiger charge is 2.14. The Kier molecular flexibility index (Phi) is 5.72. The first-order chi connectivity index (χ1) is 11.7. The summed E-state index contributed by atoms with van der Waals surface area (Å²) in [5.41, 5.74) is 4.44. The Balaban J connectivity index is 1.86. The lowest BCUT2D eigenvalue weighted by molar-refractivity contribution is 0.410. The number of nitrogens with zero attached hydrogens (tertiary/aromatic N) is 2. The maximum atomic E-state index is 4.87. The smallest absolute Gasteiger partial charge is 0.166 e. The quantitative estimate of drug-likeness (QED) is 0.497. The molecule has 0 saturated heterocycles. The van der Waals surface area contributed by atoms with Crippen molar-refractivity contribution in [3.8, 4) is 22.5 Å². The van der Waals surface area contributed by atoms with Gasteiger partial charge < -0.3 is 9.88 Å². The molecule has 0 aliphatic heterocycles. The van der Waals surface area contributed by atoms with Crippen molar-refractivity contribution in [3.05, 3.63) is 60.7 Å². The minimum absolute atomic E-state index is 0.992. The molecule has 0 unspecified atom stereocenters. The third-order valence-electron chi connectivity index (χ3n) is 3.78. The van der Waals surface area contributed by atoms with Gasteiger partial charge in [-0.2, -0.15) is 0 Å². The predicted octanol–water partition coefficient (Wildman–Crippen LogP) is 4.79. The fourth-order valence-electron chi connectivity index (χ4n) is 2.59. The number of H-pyrrole nitrogens is 1. The lowest BCUT2D eigenvalue weighted by Crippen LogP contribution is -2.13. The van der Waals surface area contributed by atoms with E-state index in [9.17, 15) is 0 Å². The summed E-state index contributed by atoms with van der Waals surface area (Å²) < 4.78 is 0. The van der Waals surface area contributed by atoms with Crippen LogP contribution in [0.2, 0.25) is 0 Å². The zero-order valence-corrected chi connectivity index (χ0v) is 15.0. The number of benzene rings is 2. The third-order valence-corrected chi connectivity index (χ3v) is 4.74. The number of thioether (sulfide) groups is 1. The second kappa shape index (κ2) is 8.18. The molecule has 0 atom stereocenters. The molecule has 3 rings (SSSR count). The molecule has 0 spiro atoms. The molecule has 0 radical (unpaired) electrons. The van der Waals surface area contributed by atoms with Crippen molar-refractivity contribution in [2.24, 2.45) is 0 Å². The van der Waals surface area contributed by atoms with Crippen LogP contribution in [-0.4, -0.2) is 41.3 Å². The minimum atomic E-state index is 0.992. The summed E-state index contributed by atoms with van der Waals surface area (Å²) in [6.45, 7) is 1.10. The number of nitrogens with one attached hydrogen (secondary N) is 1. The predicted molar refractivity (Wildman–Crippen MR) is 103 cm³/mol. The van der Waals surface area contributed by atoms with E-state index in [1.807, 2.05) is 12.1 Å². The number of aromatic nitrogens is 2. The third kappa shape index (κ3) is 4.28. The maximum Gasteiger partial charge on any atom is 0.166 e. The summed E-state index contributed by atoms with van der Waals surface area (Å²) in [6.07, 6.45) is 1.15. The molecular formula is C20H23N3S. The van der Waals surface area contributed by atoms with Crippen molar-refractivity contribution in [1.82, 2.24) is 14.9 Å². The van der Waals surface area contributed by atoms with Gasteiger partial charge in [-0.1, -0.05) is 72.4 Å². The van der Waals surface area contributed by atoms with Gasteiger partial charge in [-0.05, 0) is 27.1 Å². The fraction of sp³-hybridized carbons (Fsp3) is 0.250. The van der Waals surface area contributed by atoms with E-state index in [2.05, 4.69) is 72.5 Å². The highest BCUT2D eigenvalue weighted by Crippen LogP contribution is 2.32. The van der Waals surface area contributed by atoms with Gasteiger partial charge in [-0.3, -0.25) is 0 Å². The van der Waals surface area contributed by atoms with Crippen molar-refractivity contribution in [3.63, 3.8) is 0 Å². The second-order valence-electron chi connectivity index (χ2n) is 6.00. The highest BCUT2D eigenvalue weighted by atomic mass is 32.2. The molecule has 1 N–H and O–H groups in total. The Hall–Kier alpha value is -2.04. The van der Waals surface area contributed by atoms with Crippen LogP contribution in [-0.2, 0) is 0 Å². The molecule has 0 bridgehead atoms. The minimum Gasteiger partial charge on any atom is -0.332 e. The second-order valence-corrected chi connectivity index (χ2v) is 7.09. The SMILES string of the molecule is CN(C)CCCSc1nc(-c2ccccc2)c(-c2ccccc2)[nH]1. The van der Waals surface area contributed by atoms with Gasteiger partial charge in [0.15, 0.2) is 5.16 Å². The fourth-order valence-corrected chi connectivity index (χ4v) is 3.38. The molecule has 2 aromatic carbocycles. The number of rotatable bonds is 7. The molecule has 24 heavy (non-hydrogen) atoms. The summed E-state index contributed by atoms with van der Waals surface area (Å²) in [4.78, 5) is 10.6. The van der Waals surface area contributed by atoms with Gasteiger partial charge in [0.1, 0.15) is 0 Å². The van der Waals surface area contributed by atoms with Crippen LogP contribution < -0.4 is 0 Å². The van der Waals surface area contributed by atoms with E-state index in [1.54, 1.807) is 11.8 Å². The van der Waals surface area contributed by atoms with E-state index in [-0.39, 0.29) is 0 Å². The Morgan fingerprint density at radius 1 is 0.917 bits per heavy atom. The normalized spacial score (nSPS) is 11.1. The van der Waals surface area contributed by atoms with Crippen molar-refractivity contribution in [2.75, 3.05) is 26.4 Å². The first-order valence-corrected chi connectivity index (χ1v) is 9.21. The van der Waals surface area contributed by atoms with Gasteiger partial charge in [0, 0.05) is 16.9 Å². The molecule has 4 heteroatoms. The van der Waals surface area contributed by atoms with E-state index in [4.69, 9.17) is 4.98 Å². The van der Waals surface area contributed by atoms with Crippen LogP contribution in [0, 0.1) is 0 Å². The Morgan fingerprint density at radius 2 is 1.54 bits per heavy atom. The van der Waals surface area contributed by atoms with Crippen LogP contribution in [0.3, 0.4) is 0 Å². The first kappa shape index (κ1) is 16.8. The number of aromatic amines is 1. The molecule has 1 heterocycles. The number of hydrogen-bond donors (Lipinski definition) is 1. The standard InChI is InChI=1S/C20H23N3S/c1-23(2)14-9-15-24-20-21-18(16-10-5-3-6-11-16)19(22-20)17-12-7-4-8-13-17/h3-8,10-13H,9,14-15H2,1-2H3,(H,21,22). The van der Waals surface area contributed by atoms with Crippen LogP contribution in [0.15, 0.2) is 65.8 Å².